The lowest BCUT2D eigenvalue weighted by atomic mass is 10.3. The smallest absolute Gasteiger partial charge is 0.191 e. The molecule has 2 aromatic rings. The van der Waals surface area contributed by atoms with Gasteiger partial charge in [-0.3, -0.25) is 4.99 Å². The molecule has 0 aromatic carbocycles. The van der Waals surface area contributed by atoms with E-state index in [1.54, 1.807) is 29.7 Å². The zero-order valence-electron chi connectivity index (χ0n) is 14.9. The molecule has 2 N–H and O–H groups in total. The van der Waals surface area contributed by atoms with Crippen LogP contribution in [0.2, 0.25) is 0 Å². The second-order valence-corrected chi connectivity index (χ2v) is 7.88. The fourth-order valence-electron chi connectivity index (χ4n) is 2.33. The highest BCUT2D eigenvalue weighted by Crippen LogP contribution is 2.18. The highest BCUT2D eigenvalue weighted by molar-refractivity contribution is 14.0. The van der Waals surface area contributed by atoms with E-state index in [1.165, 1.54) is 20.5 Å². The Morgan fingerprint density at radius 3 is 2.42 bits per heavy atom. The average Bonchev–Trinajstić information content (AvgIpc) is 3.04. The van der Waals surface area contributed by atoms with Crippen molar-refractivity contribution in [1.29, 1.82) is 0 Å². The first kappa shape index (κ1) is 21.3. The van der Waals surface area contributed by atoms with Gasteiger partial charge in [0.25, 0.3) is 0 Å². The van der Waals surface area contributed by atoms with Crippen LogP contribution in [0.1, 0.15) is 38.1 Å². The maximum absolute atomic E-state index is 4.67. The van der Waals surface area contributed by atoms with Crippen molar-refractivity contribution in [2.24, 2.45) is 4.99 Å². The van der Waals surface area contributed by atoms with Crippen LogP contribution >= 0.6 is 46.7 Å². The van der Waals surface area contributed by atoms with E-state index in [9.17, 15) is 0 Å². The van der Waals surface area contributed by atoms with Crippen LogP contribution in [0, 0.1) is 20.8 Å². The van der Waals surface area contributed by atoms with Gasteiger partial charge in [0, 0.05) is 29.8 Å². The Morgan fingerprint density at radius 2 is 1.88 bits per heavy atom. The molecular formula is C16H26IN5S2. The minimum Gasteiger partial charge on any atom is -0.356 e. The Kier molecular flexibility index (Phi) is 9.14. The van der Waals surface area contributed by atoms with Crippen LogP contribution in [0.5, 0.6) is 0 Å². The molecule has 0 unspecified atom stereocenters. The Balaban J connectivity index is 0.00000288. The monoisotopic (exact) mass is 479 g/mol. The number of hydrogen-bond donors (Lipinski definition) is 2. The van der Waals surface area contributed by atoms with E-state index in [2.05, 4.69) is 39.4 Å². The fourth-order valence-corrected chi connectivity index (χ4v) is 4.23. The minimum absolute atomic E-state index is 0. The molecule has 0 aliphatic rings. The summed E-state index contributed by atoms with van der Waals surface area (Å²) in [7, 11) is 1.79. The number of aliphatic imine (C=N–C) groups is 1. The number of thiazole rings is 2. The van der Waals surface area contributed by atoms with Gasteiger partial charge in [0.2, 0.25) is 0 Å². The van der Waals surface area contributed by atoms with E-state index < -0.39 is 0 Å². The second kappa shape index (κ2) is 10.3. The Labute approximate surface area is 169 Å². The molecule has 0 saturated heterocycles. The van der Waals surface area contributed by atoms with E-state index in [0.29, 0.717) is 0 Å². The van der Waals surface area contributed by atoms with Gasteiger partial charge in [-0.05, 0) is 27.2 Å². The molecule has 2 aromatic heterocycles. The van der Waals surface area contributed by atoms with Crippen molar-refractivity contribution in [2.75, 3.05) is 13.6 Å². The molecule has 2 rings (SSSR count). The largest absolute Gasteiger partial charge is 0.356 e. The standard InChI is InChI=1S/C16H25N5S2.HI/c1-6-13-11(3)22-15(21-13)7-8-18-16(17-5)19-9-14-10(2)20-12(4)23-14;/h6-9H2,1-5H3,(H2,17,18,19);1H. The summed E-state index contributed by atoms with van der Waals surface area (Å²) in [5.74, 6) is 0.819. The van der Waals surface area contributed by atoms with Crippen LogP contribution in [-0.2, 0) is 19.4 Å². The third-order valence-electron chi connectivity index (χ3n) is 3.54. The van der Waals surface area contributed by atoms with E-state index in [1.807, 2.05) is 13.8 Å². The van der Waals surface area contributed by atoms with Crippen molar-refractivity contribution in [3.63, 3.8) is 0 Å². The van der Waals surface area contributed by atoms with Crippen LogP contribution in [0.25, 0.3) is 0 Å². The molecule has 0 saturated carbocycles. The highest BCUT2D eigenvalue weighted by atomic mass is 127. The molecule has 24 heavy (non-hydrogen) atoms. The molecule has 0 amide bonds. The van der Waals surface area contributed by atoms with Crippen molar-refractivity contribution in [3.8, 4) is 0 Å². The number of nitrogens with zero attached hydrogens (tertiary/aromatic N) is 3. The Bertz CT molecular complexity index is 678. The van der Waals surface area contributed by atoms with Gasteiger partial charge in [0.15, 0.2) is 5.96 Å². The zero-order chi connectivity index (χ0) is 16.8. The lowest BCUT2D eigenvalue weighted by molar-refractivity contribution is 0.791. The fraction of sp³-hybridized carbons (Fsp3) is 0.562. The molecule has 2 heterocycles. The van der Waals surface area contributed by atoms with Gasteiger partial charge in [0.05, 0.1) is 27.9 Å². The molecule has 0 aliphatic carbocycles. The molecule has 134 valence electrons. The molecule has 0 fully saturated rings. The number of rotatable bonds is 6. The minimum atomic E-state index is 0. The quantitative estimate of drug-likeness (QED) is 0.378. The number of guanidine groups is 1. The molecular weight excluding hydrogens is 453 g/mol. The molecule has 8 heteroatoms. The first-order valence-electron chi connectivity index (χ1n) is 7.86. The van der Waals surface area contributed by atoms with Gasteiger partial charge in [0.1, 0.15) is 0 Å². The molecule has 5 nitrogen and oxygen atoms in total. The topological polar surface area (TPSA) is 62.2 Å². The van der Waals surface area contributed by atoms with E-state index >= 15 is 0 Å². The highest BCUT2D eigenvalue weighted by Gasteiger charge is 2.07. The Hall–Kier alpha value is -0.740. The first-order valence-corrected chi connectivity index (χ1v) is 9.49. The second-order valence-electron chi connectivity index (χ2n) is 5.31. The van der Waals surface area contributed by atoms with Crippen LogP contribution in [0.4, 0.5) is 0 Å². The van der Waals surface area contributed by atoms with Crippen molar-refractivity contribution in [3.05, 3.63) is 31.2 Å². The summed E-state index contributed by atoms with van der Waals surface area (Å²) in [6.07, 6.45) is 1.93. The number of nitrogens with one attached hydrogen (secondary N) is 2. The predicted molar refractivity (Wildman–Crippen MR) is 115 cm³/mol. The molecule has 0 spiro atoms. The maximum Gasteiger partial charge on any atom is 0.191 e. The summed E-state index contributed by atoms with van der Waals surface area (Å²) in [6, 6.07) is 0. The molecule has 0 atom stereocenters. The summed E-state index contributed by atoms with van der Waals surface area (Å²) in [6.45, 7) is 9.97. The SMILES string of the molecule is CCc1nc(CCNC(=NC)NCc2sc(C)nc2C)sc1C.I. The average molecular weight is 479 g/mol. The van der Waals surface area contributed by atoms with Crippen LogP contribution in [0.3, 0.4) is 0 Å². The van der Waals surface area contributed by atoms with Crippen molar-refractivity contribution in [2.45, 2.75) is 47.1 Å². The summed E-state index contributed by atoms with van der Waals surface area (Å²) < 4.78 is 0. The van der Waals surface area contributed by atoms with Gasteiger partial charge >= 0.3 is 0 Å². The van der Waals surface area contributed by atoms with Gasteiger partial charge < -0.3 is 10.6 Å². The number of aromatic nitrogens is 2. The molecule has 0 radical (unpaired) electrons. The van der Waals surface area contributed by atoms with E-state index in [4.69, 9.17) is 0 Å². The van der Waals surface area contributed by atoms with Gasteiger partial charge in [-0.2, -0.15) is 0 Å². The van der Waals surface area contributed by atoms with E-state index in [0.717, 1.165) is 42.6 Å². The van der Waals surface area contributed by atoms with Gasteiger partial charge in [-0.25, -0.2) is 9.97 Å². The number of halogens is 1. The van der Waals surface area contributed by atoms with Crippen LogP contribution < -0.4 is 10.6 Å². The Morgan fingerprint density at radius 1 is 1.12 bits per heavy atom. The molecule has 0 aliphatic heterocycles. The normalized spacial score (nSPS) is 11.3. The van der Waals surface area contributed by atoms with Gasteiger partial charge in [-0.1, -0.05) is 6.92 Å². The van der Waals surface area contributed by atoms with Gasteiger partial charge in [-0.15, -0.1) is 46.7 Å². The molecule has 0 bridgehead atoms. The lowest BCUT2D eigenvalue weighted by Gasteiger charge is -2.10. The van der Waals surface area contributed by atoms with Crippen molar-refractivity contribution >= 4 is 52.6 Å². The summed E-state index contributed by atoms with van der Waals surface area (Å²) in [4.78, 5) is 16.0. The summed E-state index contributed by atoms with van der Waals surface area (Å²) in [5, 5.41) is 8.99. The van der Waals surface area contributed by atoms with Crippen molar-refractivity contribution in [1.82, 2.24) is 20.6 Å². The predicted octanol–water partition coefficient (Wildman–Crippen LogP) is 3.61. The number of aryl methyl sites for hydroxylation is 4. The lowest BCUT2D eigenvalue weighted by Crippen LogP contribution is -2.37. The third-order valence-corrected chi connectivity index (χ3v) is 5.69. The zero-order valence-corrected chi connectivity index (χ0v) is 18.9. The first-order chi connectivity index (χ1) is 11.0. The van der Waals surface area contributed by atoms with Crippen LogP contribution in [0.15, 0.2) is 4.99 Å². The summed E-state index contributed by atoms with van der Waals surface area (Å²) >= 11 is 3.52. The third kappa shape index (κ3) is 5.96. The van der Waals surface area contributed by atoms with Crippen LogP contribution in [-0.4, -0.2) is 29.5 Å². The maximum atomic E-state index is 4.67. The van der Waals surface area contributed by atoms with Crippen molar-refractivity contribution < 1.29 is 0 Å². The summed E-state index contributed by atoms with van der Waals surface area (Å²) in [5.41, 5.74) is 2.32. The number of hydrogen-bond acceptors (Lipinski definition) is 5. The van der Waals surface area contributed by atoms with E-state index in [-0.39, 0.29) is 24.0 Å².